The molecule has 574 valence electrons. The molecule has 9 N–H and O–H groups in total. The molecule has 0 unspecified atom stereocenters. The molecule has 108 heavy (non-hydrogen) atoms. The zero-order chi connectivity index (χ0) is 79.8. The number of hydrogen-bond donors (Lipinski definition) is 7. The molecule has 30 nitrogen and oxygen atoms in total. The molecule has 5 aromatic heterocycles. The highest BCUT2D eigenvalue weighted by molar-refractivity contribution is 6.64. The standard InChI is InChI=1S/C14H11Cl2N3O2.C10H5Cl2N3O3.C10H7Cl2N3O.C10H14N2O.C6H5NO3.C4HCl3N2.C4H3ClN2O2.C4H5ClO.C2H6O.CH2Cl2/c15-9-7-17-14(16)19-13(9)21-11-4-2-1-3-10(11)18-12(20)8-5-6-8;11-6-5-13-10(12)14-9(6)18-8-4-2-1-3-7(8)15(16)17;11-6-5-14-10(12)15-9(6)16-8-4-2-1-3-7(8)13;11-9-1-3-10(4-2-9)12-5-7-13-8-6-12;8-6-4-2-1-3-5(6)7(9)10;5-2-1-8-4(7)9-3(2)6;5-2-1-6-4(9)7-3(2)8;5-4(6)3-1-2-3;1-2-3;2-1-3/h1-4,7-8H,5-6H2,(H,18,20);1-5H;1-5H,13H2;1-4H,5-8,11H2;1-4,8H;1H;1H,(H2,6,7,8,9);3H,1-2H2;3H,2H2,1H3;1H2. The summed E-state index contributed by atoms with van der Waals surface area (Å²) in [6.07, 6.45) is 10.4. The van der Waals surface area contributed by atoms with Gasteiger partial charge in [0, 0.05) is 61.2 Å². The van der Waals surface area contributed by atoms with E-state index in [-0.39, 0.29) is 122 Å². The number of anilines is 4. The van der Waals surface area contributed by atoms with Crippen LogP contribution in [0.5, 0.6) is 40.6 Å². The van der Waals surface area contributed by atoms with Crippen LogP contribution in [0.2, 0.25) is 51.4 Å². The second-order valence-electron chi connectivity index (χ2n) is 20.3. The first-order valence-corrected chi connectivity index (χ1v) is 35.6. The smallest absolute Gasteiger partial charge is 0.325 e. The number of phenols is 1. The van der Waals surface area contributed by atoms with Crippen LogP contribution in [0, 0.1) is 32.1 Å². The summed E-state index contributed by atoms with van der Waals surface area (Å²) in [5.74, 6) is 1.27. The van der Waals surface area contributed by atoms with Gasteiger partial charge in [0.1, 0.15) is 20.1 Å². The number of alkyl halides is 2. The van der Waals surface area contributed by atoms with Crippen molar-refractivity contribution in [2.24, 2.45) is 11.8 Å². The van der Waals surface area contributed by atoms with E-state index >= 15 is 0 Å². The number of aliphatic hydroxyl groups excluding tert-OH is 1. The molecule has 10 aromatic rings. The molecule has 0 radical (unpaired) electrons. The molecule has 1 saturated heterocycles. The van der Waals surface area contributed by atoms with Crippen LogP contribution in [0.4, 0.5) is 34.1 Å². The average Bonchev–Trinajstić information content (AvgIpc) is 1.40. The lowest BCUT2D eigenvalue weighted by Gasteiger charge is -2.28. The van der Waals surface area contributed by atoms with Gasteiger partial charge in [0.15, 0.2) is 22.4 Å². The number of benzene rings is 5. The number of amides is 1. The molecular formula is C65H59Cl13N16O14. The van der Waals surface area contributed by atoms with Crippen molar-refractivity contribution in [1.29, 1.82) is 0 Å². The molecule has 1 amide bonds. The number of nitrogen functional groups attached to an aromatic ring is 2. The summed E-state index contributed by atoms with van der Waals surface area (Å²) in [7, 11) is 0. The maximum Gasteiger partial charge on any atom is 0.325 e. The third-order valence-corrected chi connectivity index (χ3v) is 15.2. The summed E-state index contributed by atoms with van der Waals surface area (Å²) >= 11 is 70.7. The fourth-order valence-electron chi connectivity index (χ4n) is 7.18. The van der Waals surface area contributed by atoms with Crippen molar-refractivity contribution in [2.45, 2.75) is 32.6 Å². The Morgan fingerprint density at radius 2 is 1.01 bits per heavy atom. The predicted molar refractivity (Wildman–Crippen MR) is 419 cm³/mol. The van der Waals surface area contributed by atoms with Crippen LogP contribution in [0.25, 0.3) is 0 Å². The molecule has 43 heteroatoms. The Morgan fingerprint density at radius 1 is 0.593 bits per heavy atom. The largest absolute Gasteiger partial charge is 0.502 e. The highest BCUT2D eigenvalue weighted by atomic mass is 35.5. The molecule has 0 atom stereocenters. The number of nitro benzene ring substituents is 2. The number of carbonyl (C=O) groups excluding carboxylic acids is 2. The molecule has 6 heterocycles. The highest BCUT2D eigenvalue weighted by Gasteiger charge is 2.30. The van der Waals surface area contributed by atoms with Crippen LogP contribution in [0.3, 0.4) is 0 Å². The molecule has 2 saturated carbocycles. The van der Waals surface area contributed by atoms with Crippen LogP contribution in [0.1, 0.15) is 32.6 Å². The number of hydrogen-bond acceptors (Lipinski definition) is 25. The number of phenolic OH excluding ortho intramolecular Hbond substituents is 1. The first kappa shape index (κ1) is 91.7. The number of rotatable bonds is 12. The van der Waals surface area contributed by atoms with Crippen molar-refractivity contribution in [1.82, 2.24) is 49.8 Å². The van der Waals surface area contributed by atoms with Gasteiger partial charge in [-0.15, -0.1) is 23.2 Å². The molecule has 0 spiro atoms. The fourth-order valence-corrected chi connectivity index (χ4v) is 8.67. The van der Waals surface area contributed by atoms with Crippen molar-refractivity contribution in [3.05, 3.63) is 245 Å². The van der Waals surface area contributed by atoms with Crippen LogP contribution in [-0.4, -0.2) is 119 Å². The average molecular weight is 1750 g/mol. The molecule has 13 rings (SSSR count). The van der Waals surface area contributed by atoms with E-state index in [1.807, 2.05) is 23.2 Å². The predicted octanol–water partition coefficient (Wildman–Crippen LogP) is 17.7. The van der Waals surface area contributed by atoms with Gasteiger partial charge >= 0.3 is 17.1 Å². The summed E-state index contributed by atoms with van der Waals surface area (Å²) in [5, 5.41) is 41.4. The Hall–Kier alpha value is -8.67. The lowest BCUT2D eigenvalue weighted by molar-refractivity contribution is -0.385. The second kappa shape index (κ2) is 49.4. The van der Waals surface area contributed by atoms with Crippen molar-refractivity contribution in [3.63, 3.8) is 0 Å². The van der Waals surface area contributed by atoms with Gasteiger partial charge in [0.05, 0.1) is 69.6 Å². The Morgan fingerprint density at radius 3 is 1.43 bits per heavy atom. The highest BCUT2D eigenvalue weighted by Crippen LogP contribution is 2.37. The summed E-state index contributed by atoms with van der Waals surface area (Å²) < 4.78 is 21.6. The molecule has 1 aliphatic heterocycles. The fraction of sp³-hybridized carbons (Fsp3) is 0.200. The van der Waals surface area contributed by atoms with E-state index in [1.165, 1.54) is 72.9 Å². The number of nitrogens with zero attached hydrogens (tertiary/aromatic N) is 11. The van der Waals surface area contributed by atoms with E-state index in [4.69, 9.17) is 191 Å². The van der Waals surface area contributed by atoms with Gasteiger partial charge in [0.2, 0.25) is 55.7 Å². The van der Waals surface area contributed by atoms with Crippen molar-refractivity contribution in [3.8, 4) is 40.6 Å². The molecule has 3 fully saturated rings. The normalized spacial score (nSPS) is 11.9. The number of aromatic hydroxyl groups is 1. The summed E-state index contributed by atoms with van der Waals surface area (Å²) in [6.45, 7) is 5.53. The minimum atomic E-state index is -0.630. The number of H-pyrrole nitrogens is 2. The monoisotopic (exact) mass is 1740 g/mol. The second-order valence-corrected chi connectivity index (χ2v) is 25.3. The van der Waals surface area contributed by atoms with Crippen LogP contribution < -0.4 is 47.1 Å². The number of aromatic amines is 2. The van der Waals surface area contributed by atoms with Gasteiger partial charge in [0.25, 0.3) is 5.56 Å². The quantitative estimate of drug-likeness (QED) is 0.0114. The Balaban J connectivity index is 0.000000264. The van der Waals surface area contributed by atoms with E-state index in [2.05, 4.69) is 67.2 Å². The lowest BCUT2D eigenvalue weighted by atomic mass is 10.2. The number of nitrogens with two attached hydrogens (primary N) is 2. The minimum absolute atomic E-state index is 0.00198. The zero-order valence-electron chi connectivity index (χ0n) is 55.4. The number of para-hydroxylation sites is 8. The van der Waals surface area contributed by atoms with E-state index in [0.29, 0.717) is 27.9 Å². The maximum absolute atomic E-state index is 11.9. The number of ether oxygens (including phenoxy) is 4. The Kier molecular flexibility index (Phi) is 41.9. The van der Waals surface area contributed by atoms with E-state index in [1.54, 1.807) is 55.5 Å². The number of aliphatic hydroxyl groups is 1. The third kappa shape index (κ3) is 35.1. The molecule has 3 aliphatic rings. The van der Waals surface area contributed by atoms with Crippen LogP contribution in [-0.2, 0) is 14.3 Å². The molecule has 5 aromatic carbocycles. The number of carbonyl (C=O) groups is 2. The minimum Gasteiger partial charge on any atom is -0.502 e. The lowest BCUT2D eigenvalue weighted by Crippen LogP contribution is -2.36. The van der Waals surface area contributed by atoms with Gasteiger partial charge in [-0.2, -0.15) is 15.0 Å². The van der Waals surface area contributed by atoms with Crippen molar-refractivity contribution in [2.75, 3.05) is 59.9 Å². The van der Waals surface area contributed by atoms with Crippen molar-refractivity contribution >= 4 is 196 Å². The molecule has 2 aliphatic carbocycles. The van der Waals surface area contributed by atoms with Crippen LogP contribution >= 0.6 is 151 Å². The topological polar surface area (TPSA) is 434 Å². The van der Waals surface area contributed by atoms with E-state index in [9.17, 15) is 39.4 Å². The summed E-state index contributed by atoms with van der Waals surface area (Å²) in [4.78, 5) is 98.4. The molecule has 0 bridgehead atoms. The van der Waals surface area contributed by atoms with Crippen molar-refractivity contribution < 1.29 is 48.6 Å². The SMILES string of the molecule is CCO.ClCCl.Clc1ncc(Cl)c(Cl)n1.Nc1ccc(N2CCOCC2)cc1.Nc1ccccc1Oc1nc(Cl)ncc1Cl.O=C(Cl)C1CC1.O=C(Nc1ccccc1Oc1nc(Cl)ncc1Cl)C1CC1.O=[N+]([O-])c1ccccc1O.O=[N+]([O-])c1ccccc1Oc1nc(Cl)ncc1Cl.O=c1[nH]cc(Cl)c(=O)[nH]1. The van der Waals surface area contributed by atoms with Crippen LogP contribution in [0.15, 0.2) is 162 Å². The first-order chi connectivity index (χ1) is 51.5. The van der Waals surface area contributed by atoms with Gasteiger partial charge in [-0.25, -0.2) is 29.7 Å². The molecular weight excluding hydrogens is 1690 g/mol. The number of aromatic nitrogens is 10. The zero-order valence-corrected chi connectivity index (χ0v) is 65.3. The number of nitrogens with one attached hydrogen (secondary N) is 3. The summed E-state index contributed by atoms with van der Waals surface area (Å²) in [5.41, 5.74) is 12.9. The summed E-state index contributed by atoms with van der Waals surface area (Å²) in [6, 6.07) is 33.5. The van der Waals surface area contributed by atoms with E-state index < -0.39 is 21.1 Å². The third-order valence-electron chi connectivity index (χ3n) is 12.4. The Labute approximate surface area is 679 Å². The van der Waals surface area contributed by atoms with Gasteiger partial charge in [-0.3, -0.25) is 39.6 Å². The number of morpholine rings is 1. The van der Waals surface area contributed by atoms with Gasteiger partial charge in [-0.1, -0.05) is 118 Å². The number of halogens is 13. The number of nitro groups is 2. The van der Waals surface area contributed by atoms with Gasteiger partial charge in [-0.05, 0) is 151 Å². The Bertz CT molecular complexity index is 4650. The van der Waals surface area contributed by atoms with E-state index in [0.717, 1.165) is 63.9 Å². The maximum atomic E-state index is 11.9. The first-order valence-electron chi connectivity index (χ1n) is 30.4. The van der Waals surface area contributed by atoms with Gasteiger partial charge < -0.3 is 55.8 Å².